The van der Waals surface area contributed by atoms with Crippen molar-refractivity contribution in [2.45, 2.75) is 44.0 Å². The number of thioether (sulfide) groups is 1. The van der Waals surface area contributed by atoms with Crippen molar-refractivity contribution in [1.29, 1.82) is 0 Å². The lowest BCUT2D eigenvalue weighted by Crippen LogP contribution is -2.37. The summed E-state index contributed by atoms with van der Waals surface area (Å²) < 4.78 is 0. The maximum Gasteiger partial charge on any atom is 0.0480 e. The molecule has 1 saturated carbocycles. The maximum atomic E-state index is 3.78. The minimum absolute atomic E-state index is 0.636. The quantitative estimate of drug-likeness (QED) is 0.783. The Bertz CT molecular complexity index is 354. The first-order valence-electron chi connectivity index (χ1n) is 6.62. The van der Waals surface area contributed by atoms with Crippen LogP contribution in [0.1, 0.15) is 33.1 Å². The van der Waals surface area contributed by atoms with Crippen LogP contribution in [-0.2, 0) is 0 Å². The number of nitrogens with one attached hydrogen (secondary N) is 1. The zero-order valence-corrected chi connectivity index (χ0v) is 11.9. The SMILES string of the molecule is CSc1ccccc1NC1C(C)CCCC1C. The molecule has 2 heteroatoms. The van der Waals surface area contributed by atoms with Gasteiger partial charge in [-0.1, -0.05) is 32.4 Å². The zero-order chi connectivity index (χ0) is 12.3. The van der Waals surface area contributed by atoms with Crippen LogP contribution >= 0.6 is 11.8 Å². The van der Waals surface area contributed by atoms with Crippen molar-refractivity contribution in [3.05, 3.63) is 24.3 Å². The van der Waals surface area contributed by atoms with Gasteiger partial charge in [-0.2, -0.15) is 0 Å². The number of anilines is 1. The molecule has 1 aliphatic carbocycles. The van der Waals surface area contributed by atoms with Crippen molar-refractivity contribution < 1.29 is 0 Å². The van der Waals surface area contributed by atoms with Gasteiger partial charge in [0.15, 0.2) is 0 Å². The Kier molecular flexibility index (Phi) is 4.38. The average molecular weight is 249 g/mol. The van der Waals surface area contributed by atoms with Crippen LogP contribution in [0, 0.1) is 11.8 Å². The molecule has 2 unspecified atom stereocenters. The molecule has 0 amide bonds. The summed E-state index contributed by atoms with van der Waals surface area (Å²) in [6, 6.07) is 9.28. The largest absolute Gasteiger partial charge is 0.381 e. The molecule has 0 radical (unpaired) electrons. The number of rotatable bonds is 3. The second-order valence-electron chi connectivity index (χ2n) is 5.26. The van der Waals surface area contributed by atoms with E-state index >= 15 is 0 Å². The Morgan fingerprint density at radius 1 is 1.12 bits per heavy atom. The van der Waals surface area contributed by atoms with Gasteiger partial charge in [-0.25, -0.2) is 0 Å². The molecule has 1 fully saturated rings. The number of benzene rings is 1. The normalized spacial score (nSPS) is 29.0. The average Bonchev–Trinajstić information content (AvgIpc) is 2.34. The van der Waals surface area contributed by atoms with Gasteiger partial charge in [0.2, 0.25) is 0 Å². The summed E-state index contributed by atoms with van der Waals surface area (Å²) in [5.41, 5.74) is 1.31. The predicted octanol–water partition coefficient (Wildman–Crippen LogP) is 4.65. The van der Waals surface area contributed by atoms with Crippen molar-refractivity contribution >= 4 is 17.4 Å². The monoisotopic (exact) mass is 249 g/mol. The van der Waals surface area contributed by atoms with E-state index in [9.17, 15) is 0 Å². The van der Waals surface area contributed by atoms with E-state index in [1.54, 1.807) is 0 Å². The fraction of sp³-hybridized carbons (Fsp3) is 0.600. The summed E-state index contributed by atoms with van der Waals surface area (Å²) in [4.78, 5) is 1.36. The molecule has 0 spiro atoms. The molecule has 1 N–H and O–H groups in total. The van der Waals surface area contributed by atoms with Gasteiger partial charge in [0, 0.05) is 16.6 Å². The second-order valence-corrected chi connectivity index (χ2v) is 6.10. The van der Waals surface area contributed by atoms with E-state index < -0.39 is 0 Å². The third-order valence-electron chi connectivity index (χ3n) is 3.97. The summed E-state index contributed by atoms with van der Waals surface area (Å²) in [7, 11) is 0. The van der Waals surface area contributed by atoms with Crippen LogP contribution in [0.2, 0.25) is 0 Å². The predicted molar refractivity (Wildman–Crippen MR) is 77.8 cm³/mol. The Balaban J connectivity index is 2.13. The highest BCUT2D eigenvalue weighted by atomic mass is 32.2. The molecular weight excluding hydrogens is 226 g/mol. The second kappa shape index (κ2) is 5.81. The summed E-state index contributed by atoms with van der Waals surface area (Å²) in [6.45, 7) is 4.77. The fourth-order valence-corrected chi connectivity index (χ4v) is 3.47. The molecule has 17 heavy (non-hydrogen) atoms. The Hall–Kier alpha value is -0.630. The Morgan fingerprint density at radius 3 is 2.41 bits per heavy atom. The van der Waals surface area contributed by atoms with E-state index in [1.807, 2.05) is 11.8 Å². The van der Waals surface area contributed by atoms with Crippen molar-refractivity contribution in [2.24, 2.45) is 11.8 Å². The van der Waals surface area contributed by atoms with Gasteiger partial charge < -0.3 is 5.32 Å². The van der Waals surface area contributed by atoms with Gasteiger partial charge in [0.1, 0.15) is 0 Å². The number of hydrogen-bond donors (Lipinski definition) is 1. The number of hydrogen-bond acceptors (Lipinski definition) is 2. The first kappa shape index (κ1) is 12.8. The molecule has 1 aromatic carbocycles. The topological polar surface area (TPSA) is 12.0 Å². The van der Waals surface area contributed by atoms with E-state index in [-0.39, 0.29) is 0 Å². The molecule has 1 nitrogen and oxygen atoms in total. The summed E-state index contributed by atoms with van der Waals surface area (Å²) in [6.07, 6.45) is 6.27. The van der Waals surface area contributed by atoms with Crippen LogP contribution in [0.4, 0.5) is 5.69 Å². The van der Waals surface area contributed by atoms with E-state index in [4.69, 9.17) is 0 Å². The van der Waals surface area contributed by atoms with Gasteiger partial charge in [0.05, 0.1) is 0 Å². The lowest BCUT2D eigenvalue weighted by atomic mass is 9.78. The first-order valence-corrected chi connectivity index (χ1v) is 7.84. The van der Waals surface area contributed by atoms with Gasteiger partial charge in [-0.15, -0.1) is 11.8 Å². The molecule has 1 aliphatic rings. The van der Waals surface area contributed by atoms with Crippen LogP contribution in [-0.4, -0.2) is 12.3 Å². The molecule has 1 aromatic rings. The molecule has 2 atom stereocenters. The Labute approximate surface area is 109 Å². The molecule has 0 heterocycles. The molecule has 0 saturated heterocycles. The van der Waals surface area contributed by atoms with Crippen LogP contribution in [0.15, 0.2) is 29.2 Å². The lowest BCUT2D eigenvalue weighted by Gasteiger charge is -2.36. The summed E-state index contributed by atoms with van der Waals surface area (Å²) >= 11 is 1.82. The summed E-state index contributed by atoms with van der Waals surface area (Å²) in [5, 5.41) is 3.78. The van der Waals surface area contributed by atoms with Crippen molar-refractivity contribution in [3.8, 4) is 0 Å². The van der Waals surface area contributed by atoms with Gasteiger partial charge in [-0.3, -0.25) is 0 Å². The van der Waals surface area contributed by atoms with E-state index in [0.717, 1.165) is 11.8 Å². The third-order valence-corrected chi connectivity index (χ3v) is 4.77. The van der Waals surface area contributed by atoms with E-state index in [1.165, 1.54) is 29.8 Å². The van der Waals surface area contributed by atoms with Gasteiger partial charge >= 0.3 is 0 Å². The molecule has 2 rings (SSSR count). The molecule has 0 aliphatic heterocycles. The molecule has 94 valence electrons. The Morgan fingerprint density at radius 2 is 1.76 bits per heavy atom. The van der Waals surface area contributed by atoms with Crippen molar-refractivity contribution in [3.63, 3.8) is 0 Å². The maximum absolute atomic E-state index is 3.78. The lowest BCUT2D eigenvalue weighted by molar-refractivity contribution is 0.268. The van der Waals surface area contributed by atoms with Crippen LogP contribution < -0.4 is 5.32 Å². The fourth-order valence-electron chi connectivity index (χ4n) is 2.91. The number of para-hydroxylation sites is 1. The highest BCUT2D eigenvalue weighted by Crippen LogP contribution is 2.33. The highest BCUT2D eigenvalue weighted by molar-refractivity contribution is 7.98. The molecule has 0 aromatic heterocycles. The van der Waals surface area contributed by atoms with Crippen molar-refractivity contribution in [1.82, 2.24) is 0 Å². The highest BCUT2D eigenvalue weighted by Gasteiger charge is 2.27. The van der Waals surface area contributed by atoms with Gasteiger partial charge in [-0.05, 0) is 43.1 Å². The standard InChI is InChI=1S/C15H23NS/c1-11-7-6-8-12(2)15(11)16-13-9-4-5-10-14(13)17-3/h4-5,9-12,15-16H,6-8H2,1-3H3. The van der Waals surface area contributed by atoms with E-state index in [0.29, 0.717) is 6.04 Å². The van der Waals surface area contributed by atoms with Crippen LogP contribution in [0.25, 0.3) is 0 Å². The minimum atomic E-state index is 0.636. The summed E-state index contributed by atoms with van der Waals surface area (Å²) in [5.74, 6) is 1.57. The molecular formula is C15H23NS. The van der Waals surface area contributed by atoms with Crippen molar-refractivity contribution in [2.75, 3.05) is 11.6 Å². The van der Waals surface area contributed by atoms with E-state index in [2.05, 4.69) is 49.7 Å². The first-order chi connectivity index (χ1) is 8.22. The zero-order valence-electron chi connectivity index (χ0n) is 11.1. The van der Waals surface area contributed by atoms with Crippen LogP contribution in [0.3, 0.4) is 0 Å². The van der Waals surface area contributed by atoms with Crippen LogP contribution in [0.5, 0.6) is 0 Å². The van der Waals surface area contributed by atoms with Gasteiger partial charge in [0.25, 0.3) is 0 Å². The minimum Gasteiger partial charge on any atom is -0.381 e. The molecule has 0 bridgehead atoms. The third kappa shape index (κ3) is 2.98. The smallest absolute Gasteiger partial charge is 0.0480 e.